The maximum atomic E-state index is 12.5. The molecule has 0 aliphatic carbocycles. The molecule has 1 aromatic heterocycles. The number of nitrogens with zero attached hydrogens (tertiary/aromatic N) is 2. The topological polar surface area (TPSA) is 110 Å². The van der Waals surface area contributed by atoms with Gasteiger partial charge in [-0.15, -0.1) is 0 Å². The Bertz CT molecular complexity index is 1030. The van der Waals surface area contributed by atoms with E-state index in [0.717, 1.165) is 11.7 Å². The Hall–Kier alpha value is -2.98. The highest BCUT2D eigenvalue weighted by molar-refractivity contribution is 7.98. The van der Waals surface area contributed by atoms with Gasteiger partial charge in [0.15, 0.2) is 6.61 Å². The normalized spacial score (nSPS) is 11.6. The lowest BCUT2D eigenvalue weighted by Crippen LogP contribution is -2.43. The molecule has 0 spiro atoms. The summed E-state index contributed by atoms with van der Waals surface area (Å²) in [5.41, 5.74) is 2.20. The smallest absolute Gasteiger partial charge is 0.329 e. The second-order valence-corrected chi connectivity index (χ2v) is 7.78. The van der Waals surface area contributed by atoms with Crippen LogP contribution < -0.4 is 10.6 Å². The maximum Gasteiger partial charge on any atom is 0.329 e. The highest BCUT2D eigenvalue weighted by Crippen LogP contribution is 2.20. The molecule has 0 saturated carbocycles. The summed E-state index contributed by atoms with van der Waals surface area (Å²) in [5.74, 6) is -0.871. The molecular formula is C20H20N4O4S2. The average Bonchev–Trinajstić information content (AvgIpc) is 3.25. The number of ether oxygens (including phenoxy) is 1. The zero-order chi connectivity index (χ0) is 21.3. The largest absolute Gasteiger partial charge is 0.454 e. The van der Waals surface area contributed by atoms with Crippen LogP contribution in [0.15, 0.2) is 48.5 Å². The van der Waals surface area contributed by atoms with Gasteiger partial charge >= 0.3 is 5.97 Å². The summed E-state index contributed by atoms with van der Waals surface area (Å²) in [4.78, 5) is 37.1. The molecule has 0 radical (unpaired) electrons. The number of hydrogen-bond donors (Lipinski definition) is 2. The van der Waals surface area contributed by atoms with Gasteiger partial charge in [-0.3, -0.25) is 9.59 Å². The Morgan fingerprint density at radius 1 is 1.10 bits per heavy atom. The van der Waals surface area contributed by atoms with Gasteiger partial charge in [-0.1, -0.05) is 24.3 Å². The number of esters is 1. The Morgan fingerprint density at radius 3 is 2.67 bits per heavy atom. The third kappa shape index (κ3) is 5.77. The molecule has 3 rings (SSSR count). The van der Waals surface area contributed by atoms with Crippen molar-refractivity contribution in [1.29, 1.82) is 0 Å². The van der Waals surface area contributed by atoms with Crippen LogP contribution in [0.25, 0.3) is 11.0 Å². The highest BCUT2D eigenvalue weighted by atomic mass is 32.2. The van der Waals surface area contributed by atoms with E-state index in [1.54, 1.807) is 60.3 Å². The molecular weight excluding hydrogens is 424 g/mol. The van der Waals surface area contributed by atoms with Crippen LogP contribution >= 0.6 is 23.5 Å². The van der Waals surface area contributed by atoms with Gasteiger partial charge in [0, 0.05) is 5.56 Å². The summed E-state index contributed by atoms with van der Waals surface area (Å²) in [6, 6.07) is 13.0. The molecule has 156 valence electrons. The maximum absolute atomic E-state index is 12.5. The van der Waals surface area contributed by atoms with E-state index in [0.29, 0.717) is 34.5 Å². The lowest BCUT2D eigenvalue weighted by Gasteiger charge is -2.17. The second-order valence-electron chi connectivity index (χ2n) is 6.27. The summed E-state index contributed by atoms with van der Waals surface area (Å²) in [7, 11) is 0. The number of hydrogen-bond acceptors (Lipinski definition) is 8. The Labute approximate surface area is 181 Å². The minimum absolute atomic E-state index is 0.370. The Kier molecular flexibility index (Phi) is 7.75. The molecule has 2 N–H and O–H groups in total. The van der Waals surface area contributed by atoms with Crippen molar-refractivity contribution in [2.24, 2.45) is 0 Å². The van der Waals surface area contributed by atoms with Crippen LogP contribution in [0.4, 0.5) is 5.69 Å². The molecule has 2 amide bonds. The van der Waals surface area contributed by atoms with Gasteiger partial charge in [0.2, 0.25) is 0 Å². The molecule has 0 unspecified atom stereocenters. The first-order valence-corrected chi connectivity index (χ1v) is 11.2. The highest BCUT2D eigenvalue weighted by Gasteiger charge is 2.23. The molecule has 30 heavy (non-hydrogen) atoms. The Morgan fingerprint density at radius 2 is 1.90 bits per heavy atom. The minimum Gasteiger partial charge on any atom is -0.454 e. The van der Waals surface area contributed by atoms with Gasteiger partial charge in [-0.05, 0) is 42.7 Å². The van der Waals surface area contributed by atoms with Gasteiger partial charge in [0.1, 0.15) is 17.1 Å². The summed E-state index contributed by atoms with van der Waals surface area (Å²) in [5, 5.41) is 5.36. The fourth-order valence-corrected chi connectivity index (χ4v) is 3.67. The molecule has 8 nitrogen and oxygen atoms in total. The average molecular weight is 445 g/mol. The van der Waals surface area contributed by atoms with Crippen molar-refractivity contribution in [3.8, 4) is 0 Å². The van der Waals surface area contributed by atoms with E-state index in [2.05, 4.69) is 19.4 Å². The van der Waals surface area contributed by atoms with Crippen LogP contribution in [0, 0.1) is 0 Å². The second kappa shape index (κ2) is 10.7. The number of amides is 2. The number of carbonyl (C=O) groups excluding carboxylic acids is 3. The number of fused-ring (bicyclic) bond motifs is 1. The van der Waals surface area contributed by atoms with Crippen molar-refractivity contribution in [2.75, 3.05) is 23.9 Å². The SMILES string of the molecule is CSCC[C@H](NC(=O)c1ccccc1)C(=O)OCC(=O)Nc1cccc2nsnc12. The Balaban J connectivity index is 1.57. The third-order valence-electron chi connectivity index (χ3n) is 4.14. The van der Waals surface area contributed by atoms with Crippen molar-refractivity contribution in [3.63, 3.8) is 0 Å². The van der Waals surface area contributed by atoms with Crippen molar-refractivity contribution in [1.82, 2.24) is 14.1 Å². The lowest BCUT2D eigenvalue weighted by molar-refractivity contribution is -0.149. The molecule has 1 atom stereocenters. The third-order valence-corrected chi connectivity index (χ3v) is 5.33. The van der Waals surface area contributed by atoms with E-state index in [4.69, 9.17) is 4.74 Å². The van der Waals surface area contributed by atoms with Crippen LogP contribution in [-0.4, -0.2) is 51.2 Å². The number of anilines is 1. The predicted molar refractivity (Wildman–Crippen MR) is 118 cm³/mol. The van der Waals surface area contributed by atoms with Gasteiger partial charge in [0.05, 0.1) is 17.4 Å². The van der Waals surface area contributed by atoms with Gasteiger partial charge in [-0.25, -0.2) is 4.79 Å². The first-order valence-electron chi connectivity index (χ1n) is 9.11. The molecule has 3 aromatic rings. The fraction of sp³-hybridized carbons (Fsp3) is 0.250. The monoisotopic (exact) mass is 444 g/mol. The predicted octanol–water partition coefficient (Wildman–Crippen LogP) is 2.72. The molecule has 0 saturated heterocycles. The zero-order valence-corrected chi connectivity index (χ0v) is 17.8. The van der Waals surface area contributed by atoms with E-state index in [1.165, 1.54) is 0 Å². The van der Waals surface area contributed by atoms with Gasteiger partial charge < -0.3 is 15.4 Å². The van der Waals surface area contributed by atoms with Crippen molar-refractivity contribution < 1.29 is 19.1 Å². The van der Waals surface area contributed by atoms with Crippen LogP contribution in [0.1, 0.15) is 16.8 Å². The van der Waals surface area contributed by atoms with E-state index >= 15 is 0 Å². The fourth-order valence-electron chi connectivity index (χ4n) is 2.65. The summed E-state index contributed by atoms with van der Waals surface area (Å²) in [6.45, 7) is -0.468. The van der Waals surface area contributed by atoms with Crippen LogP contribution in [0.2, 0.25) is 0 Å². The number of carbonyl (C=O) groups is 3. The van der Waals surface area contributed by atoms with Crippen molar-refractivity contribution >= 4 is 58.0 Å². The number of thioether (sulfide) groups is 1. The van der Waals surface area contributed by atoms with Gasteiger partial charge in [0.25, 0.3) is 11.8 Å². The number of benzene rings is 2. The molecule has 0 fully saturated rings. The van der Waals surface area contributed by atoms with Crippen LogP contribution in [0.3, 0.4) is 0 Å². The number of rotatable bonds is 9. The van der Waals surface area contributed by atoms with Crippen LogP contribution in [-0.2, 0) is 14.3 Å². The van der Waals surface area contributed by atoms with Crippen LogP contribution in [0.5, 0.6) is 0 Å². The molecule has 0 bridgehead atoms. The first kappa shape index (κ1) is 21.7. The van der Waals surface area contributed by atoms with Gasteiger partial charge in [-0.2, -0.15) is 20.5 Å². The molecule has 0 aliphatic heterocycles. The van der Waals surface area contributed by atoms with E-state index < -0.39 is 24.5 Å². The minimum atomic E-state index is -0.843. The van der Waals surface area contributed by atoms with E-state index in [9.17, 15) is 14.4 Å². The zero-order valence-electron chi connectivity index (χ0n) is 16.2. The van der Waals surface area contributed by atoms with Crippen molar-refractivity contribution in [3.05, 3.63) is 54.1 Å². The molecule has 1 heterocycles. The van der Waals surface area contributed by atoms with Crippen molar-refractivity contribution in [2.45, 2.75) is 12.5 Å². The number of nitrogens with one attached hydrogen (secondary N) is 2. The summed E-state index contributed by atoms with van der Waals surface area (Å²) in [6.07, 6.45) is 2.30. The quantitative estimate of drug-likeness (QED) is 0.488. The lowest BCUT2D eigenvalue weighted by atomic mass is 10.1. The molecule has 2 aromatic carbocycles. The molecule has 0 aliphatic rings. The van der Waals surface area contributed by atoms with E-state index in [1.807, 2.05) is 6.26 Å². The van der Waals surface area contributed by atoms with E-state index in [-0.39, 0.29) is 5.91 Å². The summed E-state index contributed by atoms with van der Waals surface area (Å²) < 4.78 is 13.4. The number of aromatic nitrogens is 2. The molecule has 10 heteroatoms. The first-order chi connectivity index (χ1) is 14.6. The summed E-state index contributed by atoms with van der Waals surface area (Å²) >= 11 is 2.60. The standard InChI is InChI=1S/C20H20N4O4S2/c1-29-11-10-16(22-19(26)13-6-3-2-4-7-13)20(27)28-12-17(25)21-14-8-5-9-15-18(14)24-30-23-15/h2-9,16H,10-12H2,1H3,(H,21,25)(H,22,26)/t16-/m0/s1.